The molecule has 4 aromatic rings. The molecule has 162 valence electrons. The van der Waals surface area contributed by atoms with Gasteiger partial charge in [0.25, 0.3) is 5.91 Å². The zero-order chi connectivity index (χ0) is 22.5. The number of hydrogen-bond donors (Lipinski definition) is 1. The van der Waals surface area contributed by atoms with Crippen molar-refractivity contribution < 1.29 is 4.79 Å². The Hall–Kier alpha value is -2.80. The lowest BCUT2D eigenvalue weighted by Gasteiger charge is -2.09. The zero-order valence-corrected chi connectivity index (χ0v) is 19.6. The number of nitrogens with zero attached hydrogens (tertiary/aromatic N) is 3. The maximum atomic E-state index is 12.4. The topological polar surface area (TPSA) is 59.3 Å². The van der Waals surface area contributed by atoms with Crippen LogP contribution < -0.4 is 5.43 Å². The van der Waals surface area contributed by atoms with Gasteiger partial charge in [-0.3, -0.25) is 4.79 Å². The van der Waals surface area contributed by atoms with Gasteiger partial charge in [-0.15, -0.1) is 0 Å². The highest BCUT2D eigenvalue weighted by Gasteiger charge is 2.13. The molecule has 0 aliphatic carbocycles. The van der Waals surface area contributed by atoms with Crippen molar-refractivity contribution in [2.24, 2.45) is 5.10 Å². The van der Waals surface area contributed by atoms with Crippen molar-refractivity contribution in [2.75, 3.05) is 5.75 Å². The molecule has 0 fully saturated rings. The number of rotatable bonds is 7. The second-order valence-electron chi connectivity index (χ2n) is 7.12. The maximum Gasteiger partial charge on any atom is 0.250 e. The summed E-state index contributed by atoms with van der Waals surface area (Å²) in [6, 6.07) is 23.0. The smallest absolute Gasteiger partial charge is 0.250 e. The molecule has 4 rings (SSSR count). The second kappa shape index (κ2) is 10.2. The number of imidazole rings is 1. The van der Waals surface area contributed by atoms with E-state index in [1.165, 1.54) is 11.8 Å². The molecule has 1 N–H and O–H groups in total. The van der Waals surface area contributed by atoms with E-state index in [2.05, 4.69) is 15.1 Å². The molecule has 0 saturated carbocycles. The Morgan fingerprint density at radius 2 is 1.66 bits per heavy atom. The number of fused-ring (bicyclic) bond motifs is 1. The van der Waals surface area contributed by atoms with Crippen molar-refractivity contribution in [3.05, 3.63) is 94.0 Å². The highest BCUT2D eigenvalue weighted by atomic mass is 35.5. The molecule has 1 heterocycles. The second-order valence-corrected chi connectivity index (χ2v) is 8.94. The number of carbonyl (C=O) groups excluding carboxylic acids is 1. The fourth-order valence-corrected chi connectivity index (χ4v) is 4.21. The van der Waals surface area contributed by atoms with Gasteiger partial charge in [0.2, 0.25) is 0 Å². The summed E-state index contributed by atoms with van der Waals surface area (Å²) in [5.41, 5.74) is 7.23. The molecule has 0 aliphatic rings. The van der Waals surface area contributed by atoms with E-state index in [-0.39, 0.29) is 11.7 Å². The molecule has 0 bridgehead atoms. The molecule has 0 aliphatic heterocycles. The van der Waals surface area contributed by atoms with Crippen molar-refractivity contribution in [1.82, 2.24) is 15.0 Å². The first-order chi connectivity index (χ1) is 15.5. The number of nitrogens with one attached hydrogen (secondary N) is 1. The average molecular weight is 483 g/mol. The molecule has 0 saturated heterocycles. The summed E-state index contributed by atoms with van der Waals surface area (Å²) in [6.45, 7) is 2.47. The minimum Gasteiger partial charge on any atom is -0.314 e. The minimum absolute atomic E-state index is 0.196. The first-order valence-corrected chi connectivity index (χ1v) is 11.7. The van der Waals surface area contributed by atoms with Crippen LogP contribution in [0.25, 0.3) is 11.0 Å². The number of aromatic nitrogens is 2. The van der Waals surface area contributed by atoms with Crippen molar-refractivity contribution >= 4 is 57.6 Å². The number of halogens is 2. The molecule has 8 heteroatoms. The third-order valence-corrected chi connectivity index (χ3v) is 6.30. The van der Waals surface area contributed by atoms with Crippen molar-refractivity contribution in [3.63, 3.8) is 0 Å². The van der Waals surface area contributed by atoms with Crippen LogP contribution in [0.15, 0.2) is 83.1 Å². The predicted molar refractivity (Wildman–Crippen MR) is 133 cm³/mol. The Morgan fingerprint density at radius 3 is 2.38 bits per heavy atom. The number of thioether (sulfide) groups is 1. The van der Waals surface area contributed by atoms with E-state index in [0.29, 0.717) is 22.3 Å². The lowest BCUT2D eigenvalue weighted by Crippen LogP contribution is -2.21. The van der Waals surface area contributed by atoms with Gasteiger partial charge in [-0.2, -0.15) is 5.10 Å². The molecule has 3 aromatic carbocycles. The van der Waals surface area contributed by atoms with E-state index in [4.69, 9.17) is 28.2 Å². The number of hydrazone groups is 1. The number of carbonyl (C=O) groups is 1. The van der Waals surface area contributed by atoms with Crippen LogP contribution in [-0.4, -0.2) is 26.9 Å². The highest BCUT2D eigenvalue weighted by molar-refractivity contribution is 7.99. The van der Waals surface area contributed by atoms with Crippen LogP contribution >= 0.6 is 35.0 Å². The fraction of sp³-hybridized carbons (Fsp3) is 0.125. The molecule has 0 radical (unpaired) electrons. The first-order valence-electron chi connectivity index (χ1n) is 9.91. The largest absolute Gasteiger partial charge is 0.314 e. The number of amides is 1. The first kappa shape index (κ1) is 22.4. The Balaban J connectivity index is 1.46. The van der Waals surface area contributed by atoms with E-state index >= 15 is 0 Å². The third-order valence-electron chi connectivity index (χ3n) is 4.82. The van der Waals surface area contributed by atoms with Gasteiger partial charge in [0.05, 0.1) is 29.0 Å². The number of hydrogen-bond acceptors (Lipinski definition) is 4. The average Bonchev–Trinajstić information content (AvgIpc) is 3.15. The normalized spacial score (nSPS) is 11.7. The van der Waals surface area contributed by atoms with Crippen LogP contribution in [0.1, 0.15) is 18.1 Å². The molecule has 5 nitrogen and oxygen atoms in total. The monoisotopic (exact) mass is 482 g/mol. The Kier molecular flexibility index (Phi) is 7.15. The van der Waals surface area contributed by atoms with Crippen LogP contribution in [0, 0.1) is 0 Å². The Bertz CT molecular complexity index is 1270. The van der Waals surface area contributed by atoms with E-state index in [9.17, 15) is 4.79 Å². The van der Waals surface area contributed by atoms with Crippen LogP contribution in [0.5, 0.6) is 0 Å². The van der Waals surface area contributed by atoms with Gasteiger partial charge in [-0.05, 0) is 54.4 Å². The summed E-state index contributed by atoms with van der Waals surface area (Å²) in [5, 5.41) is 6.33. The van der Waals surface area contributed by atoms with Gasteiger partial charge in [-0.1, -0.05) is 71.4 Å². The van der Waals surface area contributed by atoms with Crippen LogP contribution in [0.3, 0.4) is 0 Å². The lowest BCUT2D eigenvalue weighted by atomic mass is 10.1. The van der Waals surface area contributed by atoms with Crippen LogP contribution in [0.4, 0.5) is 0 Å². The predicted octanol–water partition coefficient (Wildman–Crippen LogP) is 6.02. The van der Waals surface area contributed by atoms with Crippen molar-refractivity contribution in [2.45, 2.75) is 18.6 Å². The molecular weight excluding hydrogens is 463 g/mol. The fourth-order valence-electron chi connectivity index (χ4n) is 3.15. The minimum atomic E-state index is -0.201. The van der Waals surface area contributed by atoms with Crippen molar-refractivity contribution in [1.29, 1.82) is 0 Å². The quantitative estimate of drug-likeness (QED) is 0.199. The van der Waals surface area contributed by atoms with Gasteiger partial charge in [-0.25, -0.2) is 10.4 Å². The van der Waals surface area contributed by atoms with Gasteiger partial charge in [0.1, 0.15) is 0 Å². The van der Waals surface area contributed by atoms with E-state index in [0.717, 1.165) is 27.3 Å². The molecule has 1 amide bonds. The summed E-state index contributed by atoms with van der Waals surface area (Å²) in [4.78, 5) is 17.1. The zero-order valence-electron chi connectivity index (χ0n) is 17.3. The highest BCUT2D eigenvalue weighted by Crippen LogP contribution is 2.25. The summed E-state index contributed by atoms with van der Waals surface area (Å²) in [6.07, 6.45) is 0. The van der Waals surface area contributed by atoms with Crippen molar-refractivity contribution in [3.8, 4) is 0 Å². The van der Waals surface area contributed by atoms with Crippen LogP contribution in [0.2, 0.25) is 10.0 Å². The molecule has 0 atom stereocenters. The summed E-state index contributed by atoms with van der Waals surface area (Å²) < 4.78 is 2.11. The SMILES string of the molecule is C/C(=N/NC(=O)CSc1nc2ccccc2n1Cc1ccc(Cl)cc1)c1ccc(Cl)cc1. The maximum absolute atomic E-state index is 12.4. The Morgan fingerprint density at radius 1 is 1.00 bits per heavy atom. The van der Waals surface area contributed by atoms with Gasteiger partial charge in [0.15, 0.2) is 5.16 Å². The van der Waals surface area contributed by atoms with Gasteiger partial charge < -0.3 is 4.57 Å². The molecule has 1 aromatic heterocycles. The summed E-state index contributed by atoms with van der Waals surface area (Å²) in [5.74, 6) is -0.00477. The third kappa shape index (κ3) is 5.51. The number of benzene rings is 3. The molecular formula is C24H20Cl2N4OS. The molecule has 32 heavy (non-hydrogen) atoms. The van der Waals surface area contributed by atoms with E-state index in [1.807, 2.05) is 67.6 Å². The van der Waals surface area contributed by atoms with Gasteiger partial charge in [0, 0.05) is 10.0 Å². The summed E-state index contributed by atoms with van der Waals surface area (Å²) in [7, 11) is 0. The van der Waals surface area contributed by atoms with E-state index in [1.54, 1.807) is 12.1 Å². The standard InChI is InChI=1S/C24H20Cl2N4OS/c1-16(18-8-12-20(26)13-9-18)28-29-23(31)15-32-24-27-21-4-2-3-5-22(21)30(24)14-17-6-10-19(25)11-7-17/h2-13H,14-15H2,1H3,(H,29,31)/b28-16-. The molecule has 0 unspecified atom stereocenters. The van der Waals surface area contributed by atoms with E-state index < -0.39 is 0 Å². The van der Waals surface area contributed by atoms with Gasteiger partial charge >= 0.3 is 0 Å². The molecule has 0 spiro atoms. The summed E-state index contributed by atoms with van der Waals surface area (Å²) >= 11 is 13.3. The number of para-hydroxylation sites is 2. The Labute approximate surface area is 200 Å². The van der Waals surface area contributed by atoms with Crippen LogP contribution in [-0.2, 0) is 11.3 Å². The lowest BCUT2D eigenvalue weighted by molar-refractivity contribution is -0.118.